The van der Waals surface area contributed by atoms with Gasteiger partial charge in [0.05, 0.1) is 30.9 Å². The monoisotopic (exact) mass is 419 g/mol. The van der Waals surface area contributed by atoms with Gasteiger partial charge >= 0.3 is 12.1 Å². The number of anilines is 1. The molecule has 0 N–H and O–H groups in total. The van der Waals surface area contributed by atoms with Crippen LogP contribution in [0.4, 0.5) is 10.5 Å². The summed E-state index contributed by atoms with van der Waals surface area (Å²) in [4.78, 5) is 29.0. The van der Waals surface area contributed by atoms with Gasteiger partial charge in [0, 0.05) is 12.2 Å². The van der Waals surface area contributed by atoms with Gasteiger partial charge in [0.25, 0.3) is 0 Å². The van der Waals surface area contributed by atoms with Crippen molar-refractivity contribution in [1.82, 2.24) is 4.90 Å². The van der Waals surface area contributed by atoms with E-state index >= 15 is 0 Å². The van der Waals surface area contributed by atoms with E-state index in [1.165, 1.54) is 12.0 Å². The Hall–Kier alpha value is -3.37. The summed E-state index contributed by atoms with van der Waals surface area (Å²) < 4.78 is 10.8. The lowest BCUT2D eigenvalue weighted by molar-refractivity contribution is -0.0311. The maximum absolute atomic E-state index is 13.3. The molecule has 2 aromatic carbocycles. The zero-order valence-electron chi connectivity index (χ0n) is 17.5. The molecule has 3 heterocycles. The van der Waals surface area contributed by atoms with E-state index in [-0.39, 0.29) is 12.6 Å². The standard InChI is InChI=1S/C24H25N3O4/c1-30-23(28)20-6-2-5-18(12-20)15-27(21-7-3-4-17(13-21)14-25)24(29)31-22-16-26-10-8-19(22)9-11-26/h2-7,12-13,19,22H,8-11,15-16H2,1H3. The van der Waals surface area contributed by atoms with Gasteiger partial charge in [-0.3, -0.25) is 9.80 Å². The highest BCUT2D eigenvalue weighted by molar-refractivity contribution is 5.90. The second kappa shape index (κ2) is 9.19. The van der Waals surface area contributed by atoms with Crippen molar-refractivity contribution in [1.29, 1.82) is 5.26 Å². The van der Waals surface area contributed by atoms with Crippen LogP contribution in [0.5, 0.6) is 0 Å². The number of nitrogens with zero attached hydrogens (tertiary/aromatic N) is 3. The smallest absolute Gasteiger partial charge is 0.414 e. The number of carbonyl (C=O) groups excluding carboxylic acids is 2. The largest absolute Gasteiger partial charge is 0.465 e. The van der Waals surface area contributed by atoms with E-state index in [0.29, 0.717) is 22.7 Å². The lowest BCUT2D eigenvalue weighted by Gasteiger charge is -2.44. The molecular weight excluding hydrogens is 394 g/mol. The average Bonchev–Trinajstić information content (AvgIpc) is 2.83. The van der Waals surface area contributed by atoms with Crippen LogP contribution in [0, 0.1) is 17.2 Å². The zero-order chi connectivity index (χ0) is 21.8. The van der Waals surface area contributed by atoms with Crippen LogP contribution >= 0.6 is 0 Å². The summed E-state index contributed by atoms with van der Waals surface area (Å²) >= 11 is 0. The molecule has 0 aromatic heterocycles. The van der Waals surface area contributed by atoms with E-state index in [0.717, 1.165) is 38.0 Å². The van der Waals surface area contributed by atoms with Crippen LogP contribution in [-0.2, 0) is 16.0 Å². The number of amides is 1. The number of nitriles is 1. The summed E-state index contributed by atoms with van der Waals surface area (Å²) in [6.45, 7) is 3.10. The Balaban J connectivity index is 1.59. The first kappa shape index (κ1) is 20.9. The Morgan fingerprint density at radius 1 is 1.16 bits per heavy atom. The maximum Gasteiger partial charge on any atom is 0.414 e. The first-order valence-corrected chi connectivity index (χ1v) is 10.5. The molecule has 160 valence electrons. The number of hydrogen-bond acceptors (Lipinski definition) is 6. The molecule has 0 radical (unpaired) electrons. The highest BCUT2D eigenvalue weighted by atomic mass is 16.6. The van der Waals surface area contributed by atoms with E-state index in [1.807, 2.05) is 6.07 Å². The molecule has 7 nitrogen and oxygen atoms in total. The second-order valence-electron chi connectivity index (χ2n) is 8.00. The van der Waals surface area contributed by atoms with Crippen molar-refractivity contribution in [3.63, 3.8) is 0 Å². The molecule has 2 aromatic rings. The number of ether oxygens (including phenoxy) is 2. The van der Waals surface area contributed by atoms with Crippen molar-refractivity contribution in [3.05, 3.63) is 65.2 Å². The summed E-state index contributed by atoms with van der Waals surface area (Å²) in [5.41, 5.74) is 2.21. The number of piperidine rings is 3. The summed E-state index contributed by atoms with van der Waals surface area (Å²) in [7, 11) is 1.33. The number of benzene rings is 2. The van der Waals surface area contributed by atoms with Gasteiger partial charge in [-0.25, -0.2) is 9.59 Å². The van der Waals surface area contributed by atoms with Crippen molar-refractivity contribution in [2.75, 3.05) is 31.6 Å². The summed E-state index contributed by atoms with van der Waals surface area (Å²) in [5, 5.41) is 9.29. The highest BCUT2D eigenvalue weighted by Crippen LogP contribution is 2.31. The van der Waals surface area contributed by atoms with E-state index in [9.17, 15) is 14.9 Å². The third-order valence-electron chi connectivity index (χ3n) is 6.04. The van der Waals surface area contributed by atoms with Crippen molar-refractivity contribution >= 4 is 17.7 Å². The molecule has 0 spiro atoms. The quantitative estimate of drug-likeness (QED) is 0.689. The molecule has 2 bridgehead atoms. The number of esters is 1. The Bertz CT molecular complexity index is 1010. The van der Waals surface area contributed by atoms with Gasteiger partial charge in [0.1, 0.15) is 6.10 Å². The number of fused-ring (bicyclic) bond motifs is 3. The van der Waals surface area contributed by atoms with Crippen molar-refractivity contribution < 1.29 is 19.1 Å². The second-order valence-corrected chi connectivity index (χ2v) is 8.00. The number of rotatable bonds is 5. The van der Waals surface area contributed by atoms with Crippen molar-refractivity contribution in [2.45, 2.75) is 25.5 Å². The first-order chi connectivity index (χ1) is 15.1. The number of methoxy groups -OCH3 is 1. The van der Waals surface area contributed by atoms with Crippen LogP contribution in [0.1, 0.15) is 34.3 Å². The maximum atomic E-state index is 13.3. The van der Waals surface area contributed by atoms with Crippen LogP contribution in [-0.4, -0.2) is 49.8 Å². The van der Waals surface area contributed by atoms with Crippen molar-refractivity contribution in [3.8, 4) is 6.07 Å². The fourth-order valence-electron chi connectivity index (χ4n) is 4.34. The normalized spacial score (nSPS) is 21.7. The summed E-state index contributed by atoms with van der Waals surface area (Å²) in [5.74, 6) is -0.0429. The molecule has 3 saturated heterocycles. The zero-order valence-corrected chi connectivity index (χ0v) is 17.5. The minimum atomic E-state index is -0.447. The van der Waals surface area contributed by atoms with Gasteiger partial charge in [-0.05, 0) is 67.7 Å². The van der Waals surface area contributed by atoms with E-state index in [1.54, 1.807) is 42.5 Å². The van der Waals surface area contributed by atoms with Crippen LogP contribution in [0.15, 0.2) is 48.5 Å². The fraction of sp³-hybridized carbons (Fsp3) is 0.375. The van der Waals surface area contributed by atoms with E-state index in [2.05, 4.69) is 11.0 Å². The van der Waals surface area contributed by atoms with Crippen LogP contribution in [0.3, 0.4) is 0 Å². The molecule has 3 fully saturated rings. The molecule has 5 rings (SSSR count). The lowest BCUT2D eigenvalue weighted by Crippen LogP contribution is -2.53. The molecule has 3 aliphatic rings. The van der Waals surface area contributed by atoms with Gasteiger partial charge in [0.15, 0.2) is 0 Å². The molecule has 7 heteroatoms. The van der Waals surface area contributed by atoms with E-state index < -0.39 is 12.1 Å². The third-order valence-corrected chi connectivity index (χ3v) is 6.04. The van der Waals surface area contributed by atoms with Gasteiger partial charge in [-0.2, -0.15) is 5.26 Å². The molecule has 1 atom stereocenters. The topological polar surface area (TPSA) is 82.9 Å². The van der Waals surface area contributed by atoms with Crippen LogP contribution in [0.25, 0.3) is 0 Å². The third kappa shape index (κ3) is 4.70. The van der Waals surface area contributed by atoms with Gasteiger partial charge in [0.2, 0.25) is 0 Å². The SMILES string of the molecule is COC(=O)c1cccc(CN(C(=O)OC2CN3CCC2CC3)c2cccc(C#N)c2)c1. The van der Waals surface area contributed by atoms with E-state index in [4.69, 9.17) is 9.47 Å². The minimum absolute atomic E-state index is 0.127. The number of carbonyl (C=O) groups is 2. The molecule has 0 saturated carbocycles. The van der Waals surface area contributed by atoms with Crippen LogP contribution in [0.2, 0.25) is 0 Å². The van der Waals surface area contributed by atoms with Crippen LogP contribution < -0.4 is 4.90 Å². The molecule has 3 aliphatic heterocycles. The molecule has 31 heavy (non-hydrogen) atoms. The van der Waals surface area contributed by atoms with Gasteiger partial charge < -0.3 is 9.47 Å². The predicted molar refractivity (Wildman–Crippen MR) is 115 cm³/mol. The first-order valence-electron chi connectivity index (χ1n) is 10.5. The Labute approximate surface area is 181 Å². The molecule has 0 aliphatic carbocycles. The average molecular weight is 419 g/mol. The lowest BCUT2D eigenvalue weighted by atomic mass is 9.86. The molecule has 1 amide bonds. The summed E-state index contributed by atoms with van der Waals surface area (Å²) in [6, 6.07) is 16.0. The summed E-state index contributed by atoms with van der Waals surface area (Å²) in [6.07, 6.45) is 1.52. The fourth-order valence-corrected chi connectivity index (χ4v) is 4.34. The van der Waals surface area contributed by atoms with Gasteiger partial charge in [-0.1, -0.05) is 18.2 Å². The predicted octanol–water partition coefficient (Wildman–Crippen LogP) is 3.58. The Morgan fingerprint density at radius 3 is 2.61 bits per heavy atom. The molecule has 1 unspecified atom stereocenters. The Morgan fingerprint density at radius 2 is 1.94 bits per heavy atom. The Kier molecular flexibility index (Phi) is 6.19. The van der Waals surface area contributed by atoms with Crippen molar-refractivity contribution in [2.24, 2.45) is 5.92 Å². The minimum Gasteiger partial charge on any atom is -0.465 e. The molecular formula is C24H25N3O4. The number of hydrogen-bond donors (Lipinski definition) is 0. The van der Waals surface area contributed by atoms with Gasteiger partial charge in [-0.15, -0.1) is 0 Å². The highest BCUT2D eigenvalue weighted by Gasteiger charge is 2.37.